The number of esters is 1. The number of aromatic nitrogens is 2. The molecule has 0 atom stereocenters. The first-order valence-corrected chi connectivity index (χ1v) is 11.3. The molecule has 1 heterocycles. The van der Waals surface area contributed by atoms with Crippen molar-refractivity contribution in [3.63, 3.8) is 0 Å². The summed E-state index contributed by atoms with van der Waals surface area (Å²) in [5.74, 6) is 1.68. The van der Waals surface area contributed by atoms with E-state index in [1.54, 1.807) is 31.5 Å². The lowest BCUT2D eigenvalue weighted by Crippen LogP contribution is -2.04. The van der Waals surface area contributed by atoms with E-state index in [1.807, 2.05) is 60.7 Å². The Hall–Kier alpha value is -4.72. The highest BCUT2D eigenvalue weighted by Crippen LogP contribution is 2.29. The molecule has 3 aromatic carbocycles. The first-order valence-electron chi connectivity index (χ1n) is 11.3. The van der Waals surface area contributed by atoms with Crippen molar-refractivity contribution in [1.82, 2.24) is 10.2 Å². The van der Waals surface area contributed by atoms with Gasteiger partial charge in [0.05, 0.1) is 26.1 Å². The van der Waals surface area contributed by atoms with Gasteiger partial charge in [0.1, 0.15) is 5.75 Å². The molecule has 4 rings (SSSR count). The number of ether oxygens (including phenoxy) is 3. The predicted molar refractivity (Wildman–Crippen MR) is 139 cm³/mol. The molecule has 8 heteroatoms. The number of hydrogen-bond acceptors (Lipinski definition) is 8. The monoisotopic (exact) mass is 482 g/mol. The first kappa shape index (κ1) is 24.4. The van der Waals surface area contributed by atoms with E-state index in [9.17, 15) is 4.79 Å². The minimum Gasteiger partial charge on any atom is -0.496 e. The zero-order valence-electron chi connectivity index (χ0n) is 20.3. The Labute approximate surface area is 209 Å². The van der Waals surface area contributed by atoms with Crippen molar-refractivity contribution in [3.8, 4) is 28.5 Å². The minimum atomic E-state index is -0.420. The lowest BCUT2D eigenvalue weighted by atomic mass is 10.0. The van der Waals surface area contributed by atoms with Crippen molar-refractivity contribution in [2.45, 2.75) is 13.3 Å². The van der Waals surface area contributed by atoms with E-state index >= 15 is 0 Å². The molecule has 0 aliphatic rings. The predicted octanol–water partition coefficient (Wildman–Crippen LogP) is 5.12. The number of para-hydroxylation sites is 1. The van der Waals surface area contributed by atoms with E-state index < -0.39 is 5.97 Å². The van der Waals surface area contributed by atoms with Crippen LogP contribution in [0.4, 0.5) is 5.82 Å². The average molecular weight is 483 g/mol. The Balaban J connectivity index is 1.62. The summed E-state index contributed by atoms with van der Waals surface area (Å²) in [6, 6.07) is 24.9. The summed E-state index contributed by atoms with van der Waals surface area (Å²) in [5.41, 5.74) is 7.42. The summed E-state index contributed by atoms with van der Waals surface area (Å²) < 4.78 is 16.0. The molecule has 36 heavy (non-hydrogen) atoms. The number of hydrogen-bond donors (Lipinski definition) is 1. The Morgan fingerprint density at radius 2 is 1.61 bits per heavy atom. The summed E-state index contributed by atoms with van der Waals surface area (Å²) in [6.45, 7) is 1.34. The Morgan fingerprint density at radius 1 is 0.861 bits per heavy atom. The third kappa shape index (κ3) is 6.04. The summed E-state index contributed by atoms with van der Waals surface area (Å²) in [6.07, 6.45) is 2.20. The second kappa shape index (κ2) is 11.6. The fourth-order valence-corrected chi connectivity index (χ4v) is 3.64. The molecule has 182 valence electrons. The van der Waals surface area contributed by atoms with E-state index in [4.69, 9.17) is 14.2 Å². The van der Waals surface area contributed by atoms with Crippen molar-refractivity contribution in [3.05, 3.63) is 95.6 Å². The zero-order valence-corrected chi connectivity index (χ0v) is 20.3. The van der Waals surface area contributed by atoms with E-state index in [2.05, 4.69) is 20.7 Å². The zero-order chi connectivity index (χ0) is 25.3. The number of hydrazone groups is 1. The third-order valence-electron chi connectivity index (χ3n) is 5.34. The number of nitrogens with zero attached hydrogens (tertiary/aromatic N) is 3. The van der Waals surface area contributed by atoms with Gasteiger partial charge in [-0.25, -0.2) is 0 Å². The van der Waals surface area contributed by atoms with Gasteiger partial charge in [0.2, 0.25) is 0 Å². The maximum Gasteiger partial charge on any atom is 0.308 e. The van der Waals surface area contributed by atoms with Crippen molar-refractivity contribution in [1.29, 1.82) is 0 Å². The number of benzene rings is 3. The van der Waals surface area contributed by atoms with Crippen LogP contribution in [0, 0.1) is 0 Å². The molecule has 0 fully saturated rings. The molecule has 8 nitrogen and oxygen atoms in total. The Bertz CT molecular complexity index is 1370. The molecule has 4 aromatic rings. The number of methoxy groups -OCH3 is 2. The number of carbonyl (C=O) groups is 1. The van der Waals surface area contributed by atoms with Gasteiger partial charge in [-0.05, 0) is 41.5 Å². The van der Waals surface area contributed by atoms with Gasteiger partial charge in [0.25, 0.3) is 0 Å². The van der Waals surface area contributed by atoms with Crippen LogP contribution in [0.5, 0.6) is 17.2 Å². The van der Waals surface area contributed by atoms with E-state index in [1.165, 1.54) is 14.0 Å². The molecule has 0 saturated carbocycles. The van der Waals surface area contributed by atoms with Crippen molar-refractivity contribution < 1.29 is 19.0 Å². The average Bonchev–Trinajstić information content (AvgIpc) is 2.90. The molecule has 0 saturated heterocycles. The summed E-state index contributed by atoms with van der Waals surface area (Å²) in [5, 5.41) is 13.2. The highest BCUT2D eigenvalue weighted by Gasteiger charge is 2.12. The third-order valence-corrected chi connectivity index (χ3v) is 5.34. The minimum absolute atomic E-state index is 0.344. The summed E-state index contributed by atoms with van der Waals surface area (Å²) >= 11 is 0. The molecule has 0 bridgehead atoms. The standard InChI is InChI=1S/C28H26N4O4/c1-19(33)36-26-14-13-20(15-27(26)35-3)18-29-31-28-23(16-22-11-7-8-12-25(22)34-2)17-24(30-32-28)21-9-5-4-6-10-21/h4-15,17-18H,16H2,1-3H3,(H,31,32)/b29-18+. The fraction of sp³-hybridized carbons (Fsp3) is 0.143. The number of nitrogens with one attached hydrogen (secondary N) is 1. The molecule has 0 amide bonds. The molecule has 0 aliphatic heterocycles. The van der Waals surface area contributed by atoms with Gasteiger partial charge >= 0.3 is 5.97 Å². The topological polar surface area (TPSA) is 94.9 Å². The fourth-order valence-electron chi connectivity index (χ4n) is 3.64. The Kier molecular flexibility index (Phi) is 7.87. The lowest BCUT2D eigenvalue weighted by molar-refractivity contribution is -0.132. The molecular formula is C28H26N4O4. The van der Waals surface area contributed by atoms with E-state index in [0.717, 1.165) is 33.7 Å². The number of anilines is 1. The van der Waals surface area contributed by atoms with E-state index in [-0.39, 0.29) is 0 Å². The maximum atomic E-state index is 11.3. The first-order chi connectivity index (χ1) is 17.6. The van der Waals surface area contributed by atoms with Gasteiger partial charge in [-0.15, -0.1) is 10.2 Å². The summed E-state index contributed by atoms with van der Waals surface area (Å²) in [7, 11) is 3.17. The molecule has 0 radical (unpaired) electrons. The van der Waals surface area contributed by atoms with Crippen LogP contribution in [0.1, 0.15) is 23.6 Å². The van der Waals surface area contributed by atoms with Crippen LogP contribution in [0.15, 0.2) is 84.0 Å². The molecule has 0 aliphatic carbocycles. The van der Waals surface area contributed by atoms with Crippen LogP contribution >= 0.6 is 0 Å². The summed E-state index contributed by atoms with van der Waals surface area (Å²) in [4.78, 5) is 11.3. The van der Waals surface area contributed by atoms with Crippen LogP contribution in [0.2, 0.25) is 0 Å². The molecule has 1 N–H and O–H groups in total. The molecular weight excluding hydrogens is 456 g/mol. The largest absolute Gasteiger partial charge is 0.496 e. The molecule has 0 spiro atoms. The van der Waals surface area contributed by atoms with E-state index in [0.29, 0.717) is 23.7 Å². The van der Waals surface area contributed by atoms with Crippen molar-refractivity contribution in [2.75, 3.05) is 19.6 Å². The van der Waals surface area contributed by atoms with Gasteiger partial charge in [-0.2, -0.15) is 5.10 Å². The number of rotatable bonds is 9. The SMILES string of the molecule is COc1ccccc1Cc1cc(-c2ccccc2)nnc1N/N=C/c1ccc(OC(C)=O)c(OC)c1. The van der Waals surface area contributed by atoms with Gasteiger partial charge in [-0.3, -0.25) is 10.2 Å². The van der Waals surface area contributed by atoms with Gasteiger partial charge in [0, 0.05) is 24.5 Å². The van der Waals surface area contributed by atoms with Crippen LogP contribution in [0.3, 0.4) is 0 Å². The lowest BCUT2D eigenvalue weighted by Gasteiger charge is -2.12. The normalized spacial score (nSPS) is 10.8. The van der Waals surface area contributed by atoms with Crippen LogP contribution in [-0.2, 0) is 11.2 Å². The Morgan fingerprint density at radius 3 is 2.36 bits per heavy atom. The second-order valence-corrected chi connectivity index (χ2v) is 7.83. The van der Waals surface area contributed by atoms with Crippen molar-refractivity contribution in [2.24, 2.45) is 5.10 Å². The van der Waals surface area contributed by atoms with Gasteiger partial charge in [0.15, 0.2) is 17.3 Å². The van der Waals surface area contributed by atoms with Crippen molar-refractivity contribution >= 4 is 18.0 Å². The molecule has 1 aromatic heterocycles. The maximum absolute atomic E-state index is 11.3. The van der Waals surface area contributed by atoms with Crippen LogP contribution in [-0.4, -0.2) is 36.6 Å². The van der Waals surface area contributed by atoms with Gasteiger partial charge < -0.3 is 14.2 Å². The van der Waals surface area contributed by atoms with Crippen LogP contribution < -0.4 is 19.6 Å². The van der Waals surface area contributed by atoms with Gasteiger partial charge in [-0.1, -0.05) is 48.5 Å². The number of carbonyl (C=O) groups excluding carboxylic acids is 1. The highest BCUT2D eigenvalue weighted by molar-refractivity contribution is 5.82. The van der Waals surface area contributed by atoms with Crippen LogP contribution in [0.25, 0.3) is 11.3 Å². The highest BCUT2D eigenvalue weighted by atomic mass is 16.6. The molecule has 0 unspecified atom stereocenters. The smallest absolute Gasteiger partial charge is 0.308 e. The quantitative estimate of drug-likeness (QED) is 0.153. The second-order valence-electron chi connectivity index (χ2n) is 7.83.